The van der Waals surface area contributed by atoms with E-state index in [1.165, 1.54) is 48.4 Å². The van der Waals surface area contributed by atoms with E-state index < -0.39 is 0 Å². The van der Waals surface area contributed by atoms with Crippen LogP contribution in [0.25, 0.3) is 10.9 Å². The topological polar surface area (TPSA) is 102 Å². The van der Waals surface area contributed by atoms with E-state index in [4.69, 9.17) is 0 Å². The molecule has 8 nitrogen and oxygen atoms in total. The molecule has 0 bridgehead atoms. The van der Waals surface area contributed by atoms with Crippen molar-refractivity contribution in [2.45, 2.75) is 0 Å². The average Bonchev–Trinajstić information content (AvgIpc) is 2.41. The van der Waals surface area contributed by atoms with Gasteiger partial charge >= 0.3 is 16.5 Å². The largest absolute Gasteiger partial charge is 2.00 e. The molecule has 0 aliphatic carbocycles. The van der Waals surface area contributed by atoms with Gasteiger partial charge in [-0.25, -0.2) is 0 Å². The standard InChI is InChI=1S/C8H10N8S2.Ni/c1-17-7-13-9-3-5-11-15-8(18-2)16-12-6-4-10-14-7;/h3-6H,1-2H3;/q-2;+2/b9-3-,10-4+,11-5+,12-6-;. The zero-order valence-electron chi connectivity index (χ0n) is 10.0. The van der Waals surface area contributed by atoms with Gasteiger partial charge in [0.05, 0.1) is 0 Å². The van der Waals surface area contributed by atoms with Gasteiger partial charge in [0, 0.05) is 35.2 Å². The molecule has 1 rings (SSSR count). The van der Waals surface area contributed by atoms with Crippen LogP contribution in [0, 0.1) is 0 Å². The van der Waals surface area contributed by atoms with Crippen LogP contribution in [0.15, 0.2) is 30.6 Å². The van der Waals surface area contributed by atoms with Gasteiger partial charge in [-0.1, -0.05) is 0 Å². The van der Waals surface area contributed by atoms with Crippen LogP contribution in [-0.4, -0.2) is 47.7 Å². The van der Waals surface area contributed by atoms with Gasteiger partial charge in [-0.05, 0) is 12.5 Å². The molecule has 0 aromatic carbocycles. The summed E-state index contributed by atoms with van der Waals surface area (Å²) in [5.74, 6) is 0. The summed E-state index contributed by atoms with van der Waals surface area (Å²) in [7, 11) is 0. The molecule has 0 aromatic heterocycles. The third kappa shape index (κ3) is 8.52. The van der Waals surface area contributed by atoms with Gasteiger partial charge in [-0.3, -0.25) is 20.4 Å². The summed E-state index contributed by atoms with van der Waals surface area (Å²) >= 11 is 2.64. The zero-order valence-corrected chi connectivity index (χ0v) is 12.6. The third-order valence-electron chi connectivity index (χ3n) is 1.34. The fraction of sp³-hybridized carbons (Fsp3) is 0.250. The third-order valence-corrected chi connectivity index (χ3v) is 2.40. The molecule has 104 valence electrons. The molecular weight excluding hydrogens is 331 g/mol. The van der Waals surface area contributed by atoms with E-state index in [0.717, 1.165) is 0 Å². The molecule has 1 aliphatic rings. The number of rotatable bonds is 0. The first-order chi connectivity index (χ1) is 8.86. The van der Waals surface area contributed by atoms with Gasteiger partial charge < -0.3 is 21.1 Å². The van der Waals surface area contributed by atoms with E-state index in [-0.39, 0.29) is 16.5 Å². The number of hydrogen-bond donors (Lipinski definition) is 0. The Labute approximate surface area is 129 Å². The van der Waals surface area contributed by atoms with Crippen LogP contribution in [0.5, 0.6) is 0 Å². The quantitative estimate of drug-likeness (QED) is 0.630. The molecule has 19 heavy (non-hydrogen) atoms. The van der Waals surface area contributed by atoms with Gasteiger partial charge in [0.2, 0.25) is 0 Å². The molecule has 0 fully saturated rings. The van der Waals surface area contributed by atoms with Crippen molar-refractivity contribution >= 4 is 58.7 Å². The second-order valence-corrected chi connectivity index (χ2v) is 3.98. The summed E-state index contributed by atoms with van der Waals surface area (Å²) in [5, 5.41) is 23.5. The second-order valence-electron chi connectivity index (χ2n) is 2.43. The van der Waals surface area contributed by atoms with Crippen molar-refractivity contribution in [1.29, 1.82) is 0 Å². The number of thioether (sulfide) groups is 2. The maximum Gasteiger partial charge on any atom is 2.00 e. The predicted octanol–water partition coefficient (Wildman–Crippen LogP) is 2.13. The molecule has 0 spiro atoms. The minimum Gasteiger partial charge on any atom is -0.346 e. The Kier molecular flexibility index (Phi) is 11.1. The summed E-state index contributed by atoms with van der Waals surface area (Å²) in [5.41, 5.74) is 7.65. The van der Waals surface area contributed by atoms with Crippen LogP contribution in [0.4, 0.5) is 0 Å². The molecule has 0 N–H and O–H groups in total. The molecule has 0 radical (unpaired) electrons. The Balaban J connectivity index is 0.00000324. The maximum absolute atomic E-state index is 3.82. The minimum atomic E-state index is 0. The van der Waals surface area contributed by atoms with Crippen molar-refractivity contribution in [3.8, 4) is 0 Å². The van der Waals surface area contributed by atoms with Crippen LogP contribution in [0.3, 0.4) is 0 Å². The maximum atomic E-state index is 3.82. The molecule has 1 aliphatic heterocycles. The van der Waals surface area contributed by atoms with Gasteiger partial charge in [-0.2, -0.15) is 0 Å². The summed E-state index contributed by atoms with van der Waals surface area (Å²) in [6.45, 7) is 0. The molecule has 0 aromatic rings. The van der Waals surface area contributed by atoms with E-state index in [0.29, 0.717) is 10.3 Å². The van der Waals surface area contributed by atoms with Gasteiger partial charge in [0.15, 0.2) is 0 Å². The average molecular weight is 341 g/mol. The zero-order chi connectivity index (χ0) is 13.1. The summed E-state index contributed by atoms with van der Waals surface area (Å²) < 4.78 is 0. The molecular formula is C8H10N8NiS2. The smallest absolute Gasteiger partial charge is 0.346 e. The first-order valence-electron chi connectivity index (χ1n) is 4.62. The van der Waals surface area contributed by atoms with E-state index in [9.17, 15) is 0 Å². The Morgan fingerprint density at radius 3 is 1.58 bits per heavy atom. The molecule has 0 atom stereocenters. The van der Waals surface area contributed by atoms with E-state index in [1.807, 2.05) is 12.5 Å². The van der Waals surface area contributed by atoms with E-state index in [2.05, 4.69) is 41.5 Å². The van der Waals surface area contributed by atoms with Crippen molar-refractivity contribution < 1.29 is 16.5 Å². The van der Waals surface area contributed by atoms with Gasteiger partial charge in [-0.15, -0.1) is 23.5 Å². The Bertz CT molecular complexity index is 388. The van der Waals surface area contributed by atoms with Crippen molar-refractivity contribution in [2.75, 3.05) is 12.5 Å². The van der Waals surface area contributed by atoms with Gasteiger partial charge in [0.25, 0.3) is 0 Å². The number of amidine groups is 2. The number of hydrogen-bond acceptors (Lipinski definition) is 8. The number of nitrogens with zero attached hydrogens (tertiary/aromatic N) is 8. The Morgan fingerprint density at radius 1 is 0.789 bits per heavy atom. The fourth-order valence-corrected chi connectivity index (χ4v) is 1.17. The molecule has 1 heterocycles. The first-order valence-corrected chi connectivity index (χ1v) is 7.07. The van der Waals surface area contributed by atoms with Crippen LogP contribution >= 0.6 is 23.5 Å². The first kappa shape index (κ1) is 17.8. The van der Waals surface area contributed by atoms with Crippen LogP contribution in [0.1, 0.15) is 0 Å². The monoisotopic (exact) mass is 340 g/mol. The summed E-state index contributed by atoms with van der Waals surface area (Å²) in [6, 6.07) is 0. The second kappa shape index (κ2) is 11.9. The Morgan fingerprint density at radius 2 is 1.21 bits per heavy atom. The minimum absolute atomic E-state index is 0. The fourth-order valence-electron chi connectivity index (χ4n) is 0.653. The van der Waals surface area contributed by atoms with Crippen molar-refractivity contribution in [3.05, 3.63) is 10.9 Å². The van der Waals surface area contributed by atoms with Crippen LogP contribution in [-0.2, 0) is 16.5 Å². The van der Waals surface area contributed by atoms with Crippen LogP contribution < -0.4 is 0 Å². The summed E-state index contributed by atoms with van der Waals surface area (Å²) in [4.78, 5) is 0. The van der Waals surface area contributed by atoms with E-state index in [1.54, 1.807) is 0 Å². The molecule has 0 saturated heterocycles. The van der Waals surface area contributed by atoms with Crippen LogP contribution in [0.2, 0.25) is 0 Å². The summed E-state index contributed by atoms with van der Waals surface area (Å²) in [6.07, 6.45) is 9.22. The van der Waals surface area contributed by atoms with E-state index >= 15 is 0 Å². The Hall–Kier alpha value is -1.19. The van der Waals surface area contributed by atoms with Crippen molar-refractivity contribution in [2.24, 2.45) is 30.6 Å². The van der Waals surface area contributed by atoms with Gasteiger partial charge in [0.1, 0.15) is 0 Å². The molecule has 0 unspecified atom stereocenters. The molecule has 0 saturated carbocycles. The van der Waals surface area contributed by atoms with Crippen molar-refractivity contribution in [3.63, 3.8) is 0 Å². The molecule has 0 amide bonds. The molecule has 11 heteroatoms. The SMILES string of the molecule is CS/C1=N/N=C/C=N\[N-]\C(SC)=N/N=C/C=N\[N-]1.[Ni+2]. The normalized spacial score (nSPS) is 27.7. The predicted molar refractivity (Wildman–Crippen MR) is 82.6 cm³/mol. The van der Waals surface area contributed by atoms with Crippen molar-refractivity contribution in [1.82, 2.24) is 0 Å².